The first kappa shape index (κ1) is 12.5. The van der Waals surface area contributed by atoms with Crippen LogP contribution in [-0.4, -0.2) is 62.2 Å². The van der Waals surface area contributed by atoms with Gasteiger partial charge in [0, 0.05) is 35.4 Å². The number of carbonyl (C=O) groups is 2. The van der Waals surface area contributed by atoms with Crippen LogP contribution in [0.4, 0.5) is 0 Å². The van der Waals surface area contributed by atoms with Crippen molar-refractivity contribution in [3.8, 4) is 0 Å². The zero-order valence-electron chi connectivity index (χ0n) is 8.18. The number of carboxylic acid groups (broad SMARTS) is 1. The van der Waals surface area contributed by atoms with Gasteiger partial charge in [0.15, 0.2) is 0 Å². The number of hydrogen-bond donors (Lipinski definition) is 1. The van der Waals surface area contributed by atoms with Gasteiger partial charge in [0.2, 0.25) is 5.91 Å². The molecule has 1 rings (SSSR count). The molecule has 0 aromatic rings. The summed E-state index contributed by atoms with van der Waals surface area (Å²) in [6, 6.07) is 0. The van der Waals surface area contributed by atoms with Gasteiger partial charge in [-0.25, -0.2) is 0 Å². The van der Waals surface area contributed by atoms with Crippen molar-refractivity contribution in [2.45, 2.75) is 0 Å². The molecular weight excluding hydrogens is 238 g/mol. The van der Waals surface area contributed by atoms with Crippen molar-refractivity contribution >= 4 is 34.4 Å². The highest BCUT2D eigenvalue weighted by Gasteiger charge is 2.19. The molecule has 0 aromatic heterocycles. The number of hydrogen-bond acceptors (Lipinski definition) is 4. The smallest absolute Gasteiger partial charge is 0.313 e. The third-order valence-electron chi connectivity index (χ3n) is 1.98. The molecule has 0 aliphatic carbocycles. The normalized spacial score (nSPS) is 17.7. The number of amides is 1. The number of rotatable bonds is 4. The lowest BCUT2D eigenvalue weighted by molar-refractivity contribution is -0.133. The molecule has 0 unspecified atom stereocenters. The minimum absolute atomic E-state index is 0.0501. The molecule has 1 N–H and O–H groups in total. The molecule has 0 bridgehead atoms. The number of carbonyl (C=O) groups excluding carboxylic acids is 1. The van der Waals surface area contributed by atoms with Crippen molar-refractivity contribution in [1.82, 2.24) is 4.90 Å². The summed E-state index contributed by atoms with van der Waals surface area (Å²) in [7, 11) is -0.785. The SMILES string of the molecule is O=C(O)CSCC(=O)N1CCS(=O)CC1. The maximum Gasteiger partial charge on any atom is 0.313 e. The van der Waals surface area contributed by atoms with E-state index in [9.17, 15) is 13.8 Å². The highest BCUT2D eigenvalue weighted by Crippen LogP contribution is 2.05. The minimum atomic E-state index is -0.910. The third-order valence-corrected chi connectivity index (χ3v) is 4.16. The van der Waals surface area contributed by atoms with Gasteiger partial charge < -0.3 is 10.0 Å². The van der Waals surface area contributed by atoms with Crippen molar-refractivity contribution in [1.29, 1.82) is 0 Å². The molecule has 0 radical (unpaired) electrons. The zero-order chi connectivity index (χ0) is 11.3. The van der Waals surface area contributed by atoms with E-state index in [1.54, 1.807) is 4.90 Å². The molecule has 1 saturated heterocycles. The van der Waals surface area contributed by atoms with Crippen LogP contribution in [0, 0.1) is 0 Å². The largest absolute Gasteiger partial charge is 0.481 e. The van der Waals surface area contributed by atoms with Crippen LogP contribution in [0.25, 0.3) is 0 Å². The zero-order valence-corrected chi connectivity index (χ0v) is 9.81. The van der Waals surface area contributed by atoms with Gasteiger partial charge in [-0.15, -0.1) is 11.8 Å². The van der Waals surface area contributed by atoms with E-state index in [-0.39, 0.29) is 17.4 Å². The van der Waals surface area contributed by atoms with Crippen LogP contribution in [0.3, 0.4) is 0 Å². The second-order valence-corrected chi connectivity index (χ2v) is 5.80. The van der Waals surface area contributed by atoms with Crippen LogP contribution in [0.2, 0.25) is 0 Å². The lowest BCUT2D eigenvalue weighted by Crippen LogP contribution is -2.42. The molecule has 1 aliphatic heterocycles. The first-order chi connectivity index (χ1) is 7.09. The molecule has 1 amide bonds. The Kier molecular flexibility index (Phi) is 5.10. The fourth-order valence-electron chi connectivity index (χ4n) is 1.20. The summed E-state index contributed by atoms with van der Waals surface area (Å²) < 4.78 is 11.0. The second-order valence-electron chi connectivity index (χ2n) is 3.12. The quantitative estimate of drug-likeness (QED) is 0.722. The average molecular weight is 251 g/mol. The number of aliphatic carboxylic acids is 1. The van der Waals surface area contributed by atoms with Crippen molar-refractivity contribution in [2.24, 2.45) is 0 Å². The predicted octanol–water partition coefficient (Wildman–Crippen LogP) is -0.605. The van der Waals surface area contributed by atoms with E-state index in [0.717, 1.165) is 11.8 Å². The Hall–Kier alpha value is -0.560. The topological polar surface area (TPSA) is 74.7 Å². The van der Waals surface area contributed by atoms with Gasteiger partial charge in [-0.05, 0) is 0 Å². The predicted molar refractivity (Wildman–Crippen MR) is 59.4 cm³/mol. The highest BCUT2D eigenvalue weighted by molar-refractivity contribution is 8.00. The fraction of sp³-hybridized carbons (Fsp3) is 0.750. The molecular formula is C8H13NO4S2. The van der Waals surface area contributed by atoms with Crippen molar-refractivity contribution in [3.63, 3.8) is 0 Å². The number of thioether (sulfide) groups is 1. The average Bonchev–Trinajstić information content (AvgIpc) is 2.18. The molecule has 5 nitrogen and oxygen atoms in total. The van der Waals surface area contributed by atoms with Gasteiger partial charge in [-0.3, -0.25) is 13.8 Å². The summed E-state index contributed by atoms with van der Waals surface area (Å²) >= 11 is 1.10. The van der Waals surface area contributed by atoms with E-state index in [0.29, 0.717) is 24.6 Å². The Balaban J connectivity index is 2.22. The molecule has 0 spiro atoms. The standard InChI is InChI=1S/C8H13NO4S2/c10-7(5-14-6-8(11)12)9-1-3-15(13)4-2-9/h1-6H2,(H,11,12). The maximum absolute atomic E-state index is 11.5. The van der Waals surface area contributed by atoms with Crippen molar-refractivity contribution in [3.05, 3.63) is 0 Å². The molecule has 0 aromatic carbocycles. The second kappa shape index (κ2) is 6.12. The van der Waals surface area contributed by atoms with E-state index in [1.165, 1.54) is 0 Å². The first-order valence-corrected chi connectivity index (χ1v) is 7.16. The third kappa shape index (κ3) is 4.65. The molecule has 7 heteroatoms. The van der Waals surface area contributed by atoms with Gasteiger partial charge in [0.25, 0.3) is 0 Å². The number of carboxylic acids is 1. The van der Waals surface area contributed by atoms with Crippen molar-refractivity contribution in [2.75, 3.05) is 36.1 Å². The Labute approximate surface area is 94.7 Å². The summed E-state index contributed by atoms with van der Waals surface area (Å²) in [6.45, 7) is 1.05. The highest BCUT2D eigenvalue weighted by atomic mass is 32.2. The fourth-order valence-corrected chi connectivity index (χ4v) is 2.89. The molecule has 1 aliphatic rings. The van der Waals surface area contributed by atoms with E-state index in [4.69, 9.17) is 5.11 Å². The van der Waals surface area contributed by atoms with Crippen LogP contribution in [0.5, 0.6) is 0 Å². The minimum Gasteiger partial charge on any atom is -0.481 e. The Bertz CT molecular complexity index is 272. The van der Waals surface area contributed by atoms with E-state index < -0.39 is 16.8 Å². The summed E-state index contributed by atoms with van der Waals surface area (Å²) in [5, 5.41) is 8.39. The molecule has 0 saturated carbocycles. The van der Waals surface area contributed by atoms with Gasteiger partial charge in [-0.2, -0.15) is 0 Å². The van der Waals surface area contributed by atoms with Gasteiger partial charge in [0.1, 0.15) is 0 Å². The Morgan fingerprint density at radius 3 is 2.40 bits per heavy atom. The first-order valence-electron chi connectivity index (χ1n) is 4.52. The molecule has 0 atom stereocenters. The van der Waals surface area contributed by atoms with E-state index >= 15 is 0 Å². The lowest BCUT2D eigenvalue weighted by Gasteiger charge is -2.26. The maximum atomic E-state index is 11.5. The number of nitrogens with zero attached hydrogens (tertiary/aromatic N) is 1. The van der Waals surface area contributed by atoms with E-state index in [2.05, 4.69) is 0 Å². The summed E-state index contributed by atoms with van der Waals surface area (Å²) in [5.74, 6) is 0.250. The molecule has 86 valence electrons. The lowest BCUT2D eigenvalue weighted by atomic mass is 10.5. The van der Waals surface area contributed by atoms with Crippen LogP contribution in [0.15, 0.2) is 0 Å². The van der Waals surface area contributed by atoms with Gasteiger partial charge in [-0.1, -0.05) is 0 Å². The van der Waals surface area contributed by atoms with E-state index in [1.807, 2.05) is 0 Å². The van der Waals surface area contributed by atoms with Gasteiger partial charge >= 0.3 is 5.97 Å². The van der Waals surface area contributed by atoms with Gasteiger partial charge in [0.05, 0.1) is 11.5 Å². The summed E-state index contributed by atoms with van der Waals surface area (Å²) in [4.78, 5) is 23.4. The van der Waals surface area contributed by atoms with Crippen LogP contribution in [0.1, 0.15) is 0 Å². The summed E-state index contributed by atoms with van der Waals surface area (Å²) in [6.07, 6.45) is 0. The summed E-state index contributed by atoms with van der Waals surface area (Å²) in [5.41, 5.74) is 0. The monoisotopic (exact) mass is 251 g/mol. The Morgan fingerprint density at radius 2 is 1.87 bits per heavy atom. The molecule has 1 heterocycles. The van der Waals surface area contributed by atoms with Crippen molar-refractivity contribution < 1.29 is 18.9 Å². The Morgan fingerprint density at radius 1 is 1.27 bits per heavy atom. The van der Waals surface area contributed by atoms with Crippen LogP contribution in [-0.2, 0) is 20.4 Å². The van der Waals surface area contributed by atoms with Crippen LogP contribution >= 0.6 is 11.8 Å². The van der Waals surface area contributed by atoms with Crippen LogP contribution < -0.4 is 0 Å². The molecule has 15 heavy (non-hydrogen) atoms. The molecule has 1 fully saturated rings.